The Bertz CT molecular complexity index is 908. The summed E-state index contributed by atoms with van der Waals surface area (Å²) < 4.78 is 0. The number of amides is 2. The Morgan fingerprint density at radius 1 is 1.10 bits per heavy atom. The Labute approximate surface area is 170 Å². The fourth-order valence-corrected chi connectivity index (χ4v) is 3.70. The number of nitrogens with zero attached hydrogens (tertiary/aromatic N) is 3. The number of imidazole rings is 1. The Hall–Kier alpha value is -2.65. The highest BCUT2D eigenvalue weighted by atomic mass is 16.2. The zero-order chi connectivity index (χ0) is 21.0. The lowest BCUT2D eigenvalue weighted by atomic mass is 10.2. The van der Waals surface area contributed by atoms with Gasteiger partial charge >= 0.3 is 5.69 Å². The van der Waals surface area contributed by atoms with E-state index in [1.54, 1.807) is 18.2 Å². The minimum atomic E-state index is -0.281. The van der Waals surface area contributed by atoms with Gasteiger partial charge in [0.05, 0.1) is 23.6 Å². The van der Waals surface area contributed by atoms with Gasteiger partial charge in [-0.2, -0.15) is 0 Å². The van der Waals surface area contributed by atoms with Crippen molar-refractivity contribution in [1.29, 1.82) is 0 Å². The van der Waals surface area contributed by atoms with E-state index in [1.165, 1.54) is 0 Å². The summed E-state index contributed by atoms with van der Waals surface area (Å²) in [6.07, 6.45) is 0. The van der Waals surface area contributed by atoms with Crippen molar-refractivity contribution in [2.75, 3.05) is 51.1 Å². The van der Waals surface area contributed by atoms with E-state index in [4.69, 9.17) is 0 Å². The number of anilines is 1. The third kappa shape index (κ3) is 5.04. The van der Waals surface area contributed by atoms with Crippen molar-refractivity contribution in [3.63, 3.8) is 0 Å². The molecule has 1 aromatic heterocycles. The van der Waals surface area contributed by atoms with Gasteiger partial charge in [0.25, 0.3) is 0 Å². The molecule has 0 aliphatic carbocycles. The first kappa shape index (κ1) is 21.1. The number of hydrogen-bond acceptors (Lipinski definition) is 5. The van der Waals surface area contributed by atoms with Crippen molar-refractivity contribution >= 4 is 28.5 Å². The predicted octanol–water partition coefficient (Wildman–Crippen LogP) is 0.669. The van der Waals surface area contributed by atoms with Crippen molar-refractivity contribution in [3.8, 4) is 0 Å². The standard InChI is InChI=1S/C20H30N6O3/c1-4-25(5-2)18(27)13-24-8-10-26(11-9-24)14(3)19(28)21-15-6-7-16-17(12-15)23-20(29)22-16/h6-7,12,14H,4-5,8-11,13H2,1-3H3,(H,21,28)(H2,22,23,29). The molecule has 9 heteroatoms. The predicted molar refractivity (Wildman–Crippen MR) is 113 cm³/mol. The normalized spacial score (nSPS) is 16.7. The number of aromatic amines is 2. The van der Waals surface area contributed by atoms with Crippen LogP contribution >= 0.6 is 0 Å². The van der Waals surface area contributed by atoms with Crippen LogP contribution in [0.4, 0.5) is 5.69 Å². The molecule has 0 radical (unpaired) electrons. The first-order valence-electron chi connectivity index (χ1n) is 10.2. The van der Waals surface area contributed by atoms with Crippen LogP contribution in [-0.2, 0) is 9.59 Å². The number of benzene rings is 1. The molecule has 2 aromatic rings. The number of H-pyrrole nitrogens is 2. The first-order valence-corrected chi connectivity index (χ1v) is 10.2. The molecule has 0 spiro atoms. The summed E-state index contributed by atoms with van der Waals surface area (Å²) in [6.45, 7) is 10.8. The molecule has 0 bridgehead atoms. The Morgan fingerprint density at radius 2 is 1.76 bits per heavy atom. The molecule has 158 valence electrons. The molecule has 1 aliphatic rings. The van der Waals surface area contributed by atoms with Gasteiger partial charge in [-0.15, -0.1) is 0 Å². The average molecular weight is 402 g/mol. The van der Waals surface area contributed by atoms with E-state index >= 15 is 0 Å². The second kappa shape index (κ2) is 9.23. The van der Waals surface area contributed by atoms with E-state index in [0.29, 0.717) is 23.3 Å². The van der Waals surface area contributed by atoms with Crippen LogP contribution in [0.1, 0.15) is 20.8 Å². The Morgan fingerprint density at radius 3 is 2.41 bits per heavy atom. The number of carbonyl (C=O) groups is 2. The molecular formula is C20H30N6O3. The summed E-state index contributed by atoms with van der Waals surface area (Å²) in [4.78, 5) is 47.8. The highest BCUT2D eigenvalue weighted by Crippen LogP contribution is 2.16. The van der Waals surface area contributed by atoms with Crippen molar-refractivity contribution in [2.45, 2.75) is 26.8 Å². The molecule has 2 heterocycles. The van der Waals surface area contributed by atoms with Crippen molar-refractivity contribution in [3.05, 3.63) is 28.7 Å². The first-order chi connectivity index (χ1) is 13.9. The molecule has 1 saturated heterocycles. The molecule has 0 saturated carbocycles. The molecule has 29 heavy (non-hydrogen) atoms. The number of nitrogens with one attached hydrogen (secondary N) is 3. The topological polar surface area (TPSA) is 105 Å². The van der Waals surface area contributed by atoms with Crippen molar-refractivity contribution < 1.29 is 9.59 Å². The maximum absolute atomic E-state index is 12.7. The molecule has 2 amide bonds. The van der Waals surface area contributed by atoms with Crippen LogP contribution in [0.2, 0.25) is 0 Å². The lowest BCUT2D eigenvalue weighted by Gasteiger charge is -2.37. The fraction of sp³-hybridized carbons (Fsp3) is 0.550. The second-order valence-electron chi connectivity index (χ2n) is 7.38. The van der Waals surface area contributed by atoms with Crippen LogP contribution in [0.25, 0.3) is 11.0 Å². The summed E-state index contributed by atoms with van der Waals surface area (Å²) in [5.41, 5.74) is 1.74. The van der Waals surface area contributed by atoms with E-state index in [0.717, 1.165) is 39.3 Å². The minimum Gasteiger partial charge on any atom is -0.342 e. The van der Waals surface area contributed by atoms with E-state index in [2.05, 4.69) is 25.1 Å². The van der Waals surface area contributed by atoms with Gasteiger partial charge in [0.1, 0.15) is 0 Å². The highest BCUT2D eigenvalue weighted by molar-refractivity contribution is 5.96. The zero-order valence-electron chi connectivity index (χ0n) is 17.3. The molecule has 1 atom stereocenters. The van der Waals surface area contributed by atoms with Gasteiger partial charge in [-0.25, -0.2) is 4.79 Å². The third-order valence-corrected chi connectivity index (χ3v) is 5.59. The molecular weight excluding hydrogens is 372 g/mol. The van der Waals surface area contributed by atoms with Gasteiger partial charge in [-0.1, -0.05) is 0 Å². The minimum absolute atomic E-state index is 0.0881. The van der Waals surface area contributed by atoms with Crippen molar-refractivity contribution in [2.24, 2.45) is 0 Å². The highest BCUT2D eigenvalue weighted by Gasteiger charge is 2.27. The van der Waals surface area contributed by atoms with Crippen LogP contribution in [0.5, 0.6) is 0 Å². The molecule has 3 N–H and O–H groups in total. The average Bonchev–Trinajstić information content (AvgIpc) is 3.08. The van der Waals surface area contributed by atoms with Crippen LogP contribution < -0.4 is 11.0 Å². The molecule has 1 aliphatic heterocycles. The summed E-state index contributed by atoms with van der Waals surface area (Å²) >= 11 is 0. The smallest absolute Gasteiger partial charge is 0.323 e. The number of carbonyl (C=O) groups excluding carboxylic acids is 2. The van der Waals surface area contributed by atoms with E-state index in [9.17, 15) is 14.4 Å². The maximum atomic E-state index is 12.7. The fourth-order valence-electron chi connectivity index (χ4n) is 3.70. The summed E-state index contributed by atoms with van der Waals surface area (Å²) in [5, 5.41) is 2.92. The van der Waals surface area contributed by atoms with Gasteiger partial charge in [0, 0.05) is 45.0 Å². The van der Waals surface area contributed by atoms with E-state index < -0.39 is 0 Å². The number of hydrogen-bond donors (Lipinski definition) is 3. The second-order valence-corrected chi connectivity index (χ2v) is 7.38. The van der Waals surface area contributed by atoms with Gasteiger partial charge in [0.2, 0.25) is 11.8 Å². The number of piperazine rings is 1. The number of fused-ring (bicyclic) bond motifs is 1. The Balaban J connectivity index is 1.51. The third-order valence-electron chi connectivity index (χ3n) is 5.59. The SMILES string of the molecule is CCN(CC)C(=O)CN1CCN(C(C)C(=O)Nc2ccc3[nH]c(=O)[nH]c3c2)CC1. The van der Waals surface area contributed by atoms with Crippen LogP contribution in [0.15, 0.2) is 23.0 Å². The molecule has 1 fully saturated rings. The summed E-state index contributed by atoms with van der Waals surface area (Å²) in [7, 11) is 0. The van der Waals surface area contributed by atoms with Gasteiger partial charge in [0.15, 0.2) is 0 Å². The van der Waals surface area contributed by atoms with E-state index in [-0.39, 0.29) is 23.5 Å². The summed E-state index contributed by atoms with van der Waals surface area (Å²) in [6, 6.07) is 5.00. The zero-order valence-corrected chi connectivity index (χ0v) is 17.3. The van der Waals surface area contributed by atoms with Crippen molar-refractivity contribution in [1.82, 2.24) is 24.7 Å². The molecule has 1 unspecified atom stereocenters. The van der Waals surface area contributed by atoms with Crippen LogP contribution in [-0.4, -0.2) is 88.3 Å². The van der Waals surface area contributed by atoms with E-state index in [1.807, 2.05) is 25.7 Å². The van der Waals surface area contributed by atoms with Gasteiger partial charge < -0.3 is 20.2 Å². The van der Waals surface area contributed by atoms with Gasteiger partial charge in [-0.3, -0.25) is 19.4 Å². The largest absolute Gasteiger partial charge is 0.342 e. The quantitative estimate of drug-likeness (QED) is 0.631. The van der Waals surface area contributed by atoms with Gasteiger partial charge in [-0.05, 0) is 39.0 Å². The number of rotatable bonds is 7. The lowest BCUT2D eigenvalue weighted by Crippen LogP contribution is -2.54. The maximum Gasteiger partial charge on any atom is 0.323 e. The van der Waals surface area contributed by atoms with Crippen LogP contribution in [0, 0.1) is 0 Å². The van der Waals surface area contributed by atoms with Crippen LogP contribution in [0.3, 0.4) is 0 Å². The summed E-state index contributed by atoms with van der Waals surface area (Å²) in [5.74, 6) is 0.0716. The number of aromatic nitrogens is 2. The Kier molecular flexibility index (Phi) is 6.71. The lowest BCUT2D eigenvalue weighted by molar-refractivity contribution is -0.133. The molecule has 9 nitrogen and oxygen atoms in total. The molecule has 3 rings (SSSR count). The number of likely N-dealkylation sites (N-methyl/N-ethyl adjacent to an activating group) is 1. The molecule has 1 aromatic carbocycles. The monoisotopic (exact) mass is 402 g/mol.